The highest BCUT2D eigenvalue weighted by Crippen LogP contribution is 2.39. The van der Waals surface area contributed by atoms with Crippen LogP contribution >= 0.6 is 0 Å². The quantitative estimate of drug-likeness (QED) is 0.768. The molecule has 1 heterocycles. The Morgan fingerprint density at radius 1 is 1.41 bits per heavy atom. The standard InChI is InChI=1S/C14H27NO2/c1-10(2)6-14(13(16)17-5)7-12(11(3)4)8-15-9-14/h10-12,15H,6-9H2,1-5H3. The van der Waals surface area contributed by atoms with Crippen molar-refractivity contribution < 1.29 is 9.53 Å². The summed E-state index contributed by atoms with van der Waals surface area (Å²) in [5, 5.41) is 3.43. The van der Waals surface area contributed by atoms with Crippen molar-refractivity contribution in [1.82, 2.24) is 5.32 Å². The first-order chi connectivity index (χ1) is 7.91. The largest absolute Gasteiger partial charge is 0.469 e. The number of esters is 1. The van der Waals surface area contributed by atoms with Gasteiger partial charge in [-0.15, -0.1) is 0 Å². The van der Waals surface area contributed by atoms with Crippen molar-refractivity contribution in [3.8, 4) is 0 Å². The molecule has 3 nitrogen and oxygen atoms in total. The van der Waals surface area contributed by atoms with Crippen molar-refractivity contribution in [2.45, 2.75) is 40.5 Å². The summed E-state index contributed by atoms with van der Waals surface area (Å²) in [4.78, 5) is 12.1. The lowest BCUT2D eigenvalue weighted by atomic mass is 9.69. The molecule has 0 amide bonds. The zero-order valence-electron chi connectivity index (χ0n) is 11.9. The van der Waals surface area contributed by atoms with Gasteiger partial charge in [-0.2, -0.15) is 0 Å². The maximum Gasteiger partial charge on any atom is 0.313 e. The Morgan fingerprint density at radius 2 is 2.06 bits per heavy atom. The molecule has 1 fully saturated rings. The fraction of sp³-hybridized carbons (Fsp3) is 0.929. The molecule has 2 atom stereocenters. The van der Waals surface area contributed by atoms with Gasteiger partial charge in [0.2, 0.25) is 0 Å². The van der Waals surface area contributed by atoms with Crippen LogP contribution in [0.2, 0.25) is 0 Å². The first-order valence-corrected chi connectivity index (χ1v) is 6.70. The third kappa shape index (κ3) is 3.44. The molecule has 1 rings (SSSR count). The second-order valence-electron chi connectivity index (χ2n) is 6.21. The summed E-state index contributed by atoms with van der Waals surface area (Å²) < 4.78 is 5.04. The number of rotatable bonds is 4. The Hall–Kier alpha value is -0.570. The third-order valence-corrected chi connectivity index (χ3v) is 3.88. The molecule has 0 aromatic carbocycles. The van der Waals surface area contributed by atoms with Gasteiger partial charge in [-0.1, -0.05) is 27.7 Å². The fourth-order valence-corrected chi connectivity index (χ4v) is 3.01. The maximum atomic E-state index is 12.1. The Labute approximate surface area is 105 Å². The lowest BCUT2D eigenvalue weighted by Crippen LogP contribution is -2.51. The predicted molar refractivity (Wildman–Crippen MR) is 69.7 cm³/mol. The summed E-state index contributed by atoms with van der Waals surface area (Å²) in [6.45, 7) is 10.6. The van der Waals surface area contributed by atoms with E-state index in [1.54, 1.807) is 0 Å². The zero-order chi connectivity index (χ0) is 13.1. The van der Waals surface area contributed by atoms with Gasteiger partial charge in [0, 0.05) is 6.54 Å². The molecule has 1 aliphatic heterocycles. The number of nitrogens with one attached hydrogen (secondary N) is 1. The maximum absolute atomic E-state index is 12.1. The molecule has 1 N–H and O–H groups in total. The van der Waals surface area contributed by atoms with E-state index < -0.39 is 0 Å². The number of hydrogen-bond donors (Lipinski definition) is 1. The van der Waals surface area contributed by atoms with Crippen LogP contribution in [-0.4, -0.2) is 26.2 Å². The first kappa shape index (κ1) is 14.5. The molecule has 1 saturated heterocycles. The van der Waals surface area contributed by atoms with Gasteiger partial charge in [0.25, 0.3) is 0 Å². The Morgan fingerprint density at radius 3 is 2.53 bits per heavy atom. The van der Waals surface area contributed by atoms with E-state index in [0.29, 0.717) is 17.8 Å². The van der Waals surface area contributed by atoms with Crippen LogP contribution in [0.1, 0.15) is 40.5 Å². The lowest BCUT2D eigenvalue weighted by Gasteiger charge is -2.41. The van der Waals surface area contributed by atoms with Crippen molar-refractivity contribution in [2.75, 3.05) is 20.2 Å². The highest BCUT2D eigenvalue weighted by Gasteiger charge is 2.44. The molecule has 1 aliphatic rings. The van der Waals surface area contributed by atoms with Crippen LogP contribution in [0.5, 0.6) is 0 Å². The molecule has 0 saturated carbocycles. The minimum Gasteiger partial charge on any atom is -0.469 e. The van der Waals surface area contributed by atoms with Gasteiger partial charge < -0.3 is 10.1 Å². The second-order valence-corrected chi connectivity index (χ2v) is 6.21. The minimum atomic E-state index is -0.309. The van der Waals surface area contributed by atoms with Crippen LogP contribution in [0.15, 0.2) is 0 Å². The minimum absolute atomic E-state index is 0.0379. The van der Waals surface area contributed by atoms with Crippen LogP contribution in [0.4, 0.5) is 0 Å². The summed E-state index contributed by atoms with van der Waals surface area (Å²) in [5.74, 6) is 1.66. The van der Waals surface area contributed by atoms with Gasteiger partial charge in [-0.25, -0.2) is 0 Å². The zero-order valence-corrected chi connectivity index (χ0v) is 11.9. The molecular formula is C14H27NO2. The Bertz CT molecular complexity index is 263. The highest BCUT2D eigenvalue weighted by atomic mass is 16.5. The van der Waals surface area contributed by atoms with Crippen LogP contribution < -0.4 is 5.32 Å². The van der Waals surface area contributed by atoms with Crippen molar-refractivity contribution in [2.24, 2.45) is 23.2 Å². The molecule has 0 aliphatic carbocycles. The Kier molecular flexibility index (Phi) is 4.99. The van der Waals surface area contributed by atoms with Crippen molar-refractivity contribution in [3.63, 3.8) is 0 Å². The van der Waals surface area contributed by atoms with Gasteiger partial charge in [0.05, 0.1) is 12.5 Å². The molecular weight excluding hydrogens is 214 g/mol. The van der Waals surface area contributed by atoms with Gasteiger partial charge in [-0.05, 0) is 37.1 Å². The molecule has 0 bridgehead atoms. The molecule has 0 aromatic rings. The molecule has 17 heavy (non-hydrogen) atoms. The van der Waals surface area contributed by atoms with E-state index in [9.17, 15) is 4.79 Å². The predicted octanol–water partition coefficient (Wildman–Crippen LogP) is 2.46. The summed E-state index contributed by atoms with van der Waals surface area (Å²) in [7, 11) is 1.50. The third-order valence-electron chi connectivity index (χ3n) is 3.88. The average molecular weight is 241 g/mol. The molecule has 3 heteroatoms. The molecule has 0 aromatic heterocycles. The van der Waals surface area contributed by atoms with Gasteiger partial charge >= 0.3 is 5.97 Å². The van der Waals surface area contributed by atoms with Gasteiger partial charge in [0.1, 0.15) is 0 Å². The lowest BCUT2D eigenvalue weighted by molar-refractivity contribution is -0.156. The normalized spacial score (nSPS) is 29.7. The second kappa shape index (κ2) is 5.85. The Balaban J connectivity index is 2.85. The van der Waals surface area contributed by atoms with E-state index >= 15 is 0 Å². The summed E-state index contributed by atoms with van der Waals surface area (Å²) >= 11 is 0. The van der Waals surface area contributed by atoms with Gasteiger partial charge in [-0.3, -0.25) is 4.79 Å². The van der Waals surface area contributed by atoms with Crippen molar-refractivity contribution in [1.29, 1.82) is 0 Å². The number of carbonyl (C=O) groups is 1. The smallest absolute Gasteiger partial charge is 0.313 e. The number of ether oxygens (including phenoxy) is 1. The number of piperidine rings is 1. The van der Waals surface area contributed by atoms with Crippen molar-refractivity contribution >= 4 is 5.97 Å². The number of carbonyl (C=O) groups excluding carboxylic acids is 1. The van der Waals surface area contributed by atoms with Crippen LogP contribution in [0, 0.1) is 23.2 Å². The van der Waals surface area contributed by atoms with Crippen LogP contribution in [0.25, 0.3) is 0 Å². The highest BCUT2D eigenvalue weighted by molar-refractivity contribution is 5.77. The summed E-state index contributed by atoms with van der Waals surface area (Å²) in [6.07, 6.45) is 1.87. The average Bonchev–Trinajstić information content (AvgIpc) is 2.27. The van der Waals surface area contributed by atoms with E-state index in [4.69, 9.17) is 4.74 Å². The summed E-state index contributed by atoms with van der Waals surface area (Å²) in [6, 6.07) is 0. The number of methoxy groups -OCH3 is 1. The molecule has 100 valence electrons. The summed E-state index contributed by atoms with van der Waals surface area (Å²) in [5.41, 5.74) is -0.309. The molecule has 0 radical (unpaired) electrons. The van der Waals surface area contributed by atoms with E-state index in [1.807, 2.05) is 0 Å². The molecule has 0 spiro atoms. The van der Waals surface area contributed by atoms with Crippen LogP contribution in [0.3, 0.4) is 0 Å². The number of hydrogen-bond acceptors (Lipinski definition) is 3. The van der Waals surface area contributed by atoms with E-state index in [2.05, 4.69) is 33.0 Å². The monoisotopic (exact) mass is 241 g/mol. The van der Waals surface area contributed by atoms with E-state index in [1.165, 1.54) is 7.11 Å². The van der Waals surface area contributed by atoms with Gasteiger partial charge in [0.15, 0.2) is 0 Å². The van der Waals surface area contributed by atoms with E-state index in [0.717, 1.165) is 25.9 Å². The van der Waals surface area contributed by atoms with Crippen LogP contribution in [-0.2, 0) is 9.53 Å². The topological polar surface area (TPSA) is 38.3 Å². The van der Waals surface area contributed by atoms with E-state index in [-0.39, 0.29) is 11.4 Å². The van der Waals surface area contributed by atoms with Crippen molar-refractivity contribution in [3.05, 3.63) is 0 Å². The first-order valence-electron chi connectivity index (χ1n) is 6.70. The fourth-order valence-electron chi connectivity index (χ4n) is 3.01. The SMILES string of the molecule is COC(=O)C1(CC(C)C)CNCC(C(C)C)C1. The molecule has 2 unspecified atom stereocenters.